The van der Waals surface area contributed by atoms with Gasteiger partial charge in [0.15, 0.2) is 0 Å². The monoisotopic (exact) mass is 376 g/mol. The minimum absolute atomic E-state index is 0.0122. The first-order chi connectivity index (χ1) is 13.1. The molecule has 4 bridgehead atoms. The van der Waals surface area contributed by atoms with Gasteiger partial charge in [-0.3, -0.25) is 9.59 Å². The lowest BCUT2D eigenvalue weighted by Crippen LogP contribution is -2.62. The second-order valence-corrected chi connectivity index (χ2v) is 9.84. The molecule has 0 aliphatic heterocycles. The van der Waals surface area contributed by atoms with Crippen LogP contribution in [-0.2, 0) is 14.3 Å². The van der Waals surface area contributed by atoms with Gasteiger partial charge in [0.1, 0.15) is 6.04 Å². The van der Waals surface area contributed by atoms with Crippen LogP contribution in [0.2, 0.25) is 0 Å². The summed E-state index contributed by atoms with van der Waals surface area (Å²) in [4.78, 5) is 26.2. The fourth-order valence-electron chi connectivity index (χ4n) is 7.03. The number of nitrogens with one attached hydrogen (secondary N) is 2. The zero-order valence-electron chi connectivity index (χ0n) is 16.8. The molecule has 5 nitrogen and oxygen atoms in total. The summed E-state index contributed by atoms with van der Waals surface area (Å²) < 4.78 is 5.10. The molecular formula is C22H36N2O3. The first kappa shape index (κ1) is 19.2. The van der Waals surface area contributed by atoms with Crippen molar-refractivity contribution in [3.8, 4) is 0 Å². The molecule has 0 spiro atoms. The van der Waals surface area contributed by atoms with E-state index in [0.717, 1.165) is 62.7 Å². The molecule has 0 aromatic heterocycles. The third kappa shape index (κ3) is 4.03. The van der Waals surface area contributed by atoms with Gasteiger partial charge >= 0.3 is 0 Å². The molecule has 2 N–H and O–H groups in total. The minimum atomic E-state index is -0.364. The number of ether oxygens (including phenoxy) is 1. The van der Waals surface area contributed by atoms with Gasteiger partial charge in [-0.15, -0.1) is 0 Å². The van der Waals surface area contributed by atoms with Crippen molar-refractivity contribution in [2.45, 2.75) is 76.7 Å². The maximum Gasteiger partial charge on any atom is 0.243 e. The van der Waals surface area contributed by atoms with Crippen molar-refractivity contribution in [2.24, 2.45) is 29.1 Å². The van der Waals surface area contributed by atoms with Crippen LogP contribution >= 0.6 is 0 Å². The molecule has 5 rings (SSSR count). The first-order valence-electron chi connectivity index (χ1n) is 11.2. The van der Waals surface area contributed by atoms with Crippen LogP contribution in [0.15, 0.2) is 0 Å². The Hall–Kier alpha value is -1.10. The van der Waals surface area contributed by atoms with E-state index in [0.29, 0.717) is 13.2 Å². The SMILES string of the molecule is COCCNC(=O)[C@H](NC(=O)C1CCCCC1)C12CC3CC(CC(C3)C1)C2. The summed E-state index contributed by atoms with van der Waals surface area (Å²) in [6, 6.07) is -0.364. The van der Waals surface area contributed by atoms with Gasteiger partial charge in [-0.2, -0.15) is 0 Å². The molecule has 5 aliphatic rings. The molecule has 5 heteroatoms. The Balaban J connectivity index is 1.50. The van der Waals surface area contributed by atoms with Crippen molar-refractivity contribution in [1.29, 1.82) is 0 Å². The van der Waals surface area contributed by atoms with E-state index in [1.54, 1.807) is 7.11 Å². The largest absolute Gasteiger partial charge is 0.383 e. The fourth-order valence-corrected chi connectivity index (χ4v) is 7.03. The smallest absolute Gasteiger partial charge is 0.243 e. The van der Waals surface area contributed by atoms with E-state index >= 15 is 0 Å². The summed E-state index contributed by atoms with van der Waals surface area (Å²) in [5.41, 5.74) is -0.0176. The second-order valence-electron chi connectivity index (χ2n) is 9.84. The molecule has 1 atom stereocenters. The van der Waals surface area contributed by atoms with Gasteiger partial charge in [0.2, 0.25) is 11.8 Å². The Morgan fingerprint density at radius 3 is 2.15 bits per heavy atom. The zero-order chi connectivity index (χ0) is 18.9. The van der Waals surface area contributed by atoms with E-state index in [9.17, 15) is 9.59 Å². The van der Waals surface area contributed by atoms with Gasteiger partial charge in [0.25, 0.3) is 0 Å². The van der Waals surface area contributed by atoms with E-state index in [1.807, 2.05) is 0 Å². The van der Waals surface area contributed by atoms with Crippen LogP contribution in [0.25, 0.3) is 0 Å². The van der Waals surface area contributed by atoms with Crippen LogP contribution in [-0.4, -0.2) is 38.1 Å². The van der Waals surface area contributed by atoms with Gasteiger partial charge in [0.05, 0.1) is 6.61 Å². The molecule has 5 saturated carbocycles. The number of methoxy groups -OCH3 is 1. The van der Waals surface area contributed by atoms with Crippen LogP contribution in [0.5, 0.6) is 0 Å². The van der Waals surface area contributed by atoms with Gasteiger partial charge in [-0.05, 0) is 69.1 Å². The van der Waals surface area contributed by atoms with Gasteiger partial charge < -0.3 is 15.4 Å². The fraction of sp³-hybridized carbons (Fsp3) is 0.909. The molecule has 5 fully saturated rings. The standard InChI is InChI=1S/C22H36N2O3/c1-27-8-7-23-21(26)19(24-20(25)18-5-3-2-4-6-18)22-12-15-9-16(13-22)11-17(10-15)14-22/h15-19H,2-14H2,1H3,(H,23,26)(H,24,25)/t15?,16?,17?,19-,22?/m0/s1. The van der Waals surface area contributed by atoms with Crippen LogP contribution in [0.1, 0.15) is 70.6 Å². The van der Waals surface area contributed by atoms with E-state index < -0.39 is 0 Å². The lowest BCUT2D eigenvalue weighted by molar-refractivity contribution is -0.143. The zero-order valence-corrected chi connectivity index (χ0v) is 16.8. The molecule has 0 radical (unpaired) electrons. The number of hydrogen-bond donors (Lipinski definition) is 2. The average molecular weight is 377 g/mol. The molecule has 0 unspecified atom stereocenters. The molecular weight excluding hydrogens is 340 g/mol. The van der Waals surface area contributed by atoms with Crippen LogP contribution in [0.4, 0.5) is 0 Å². The highest BCUT2D eigenvalue weighted by Crippen LogP contribution is 2.61. The van der Waals surface area contributed by atoms with E-state index in [-0.39, 0.29) is 29.2 Å². The highest BCUT2D eigenvalue weighted by molar-refractivity contribution is 5.89. The number of carbonyl (C=O) groups excluding carboxylic acids is 2. The topological polar surface area (TPSA) is 67.4 Å². The molecule has 0 aromatic rings. The third-order valence-corrected chi connectivity index (χ3v) is 7.83. The highest BCUT2D eigenvalue weighted by Gasteiger charge is 2.56. The maximum atomic E-state index is 13.2. The molecule has 2 amide bonds. The van der Waals surface area contributed by atoms with Gasteiger partial charge in [-0.25, -0.2) is 0 Å². The van der Waals surface area contributed by atoms with Crippen molar-refractivity contribution in [2.75, 3.05) is 20.3 Å². The Labute approximate surface area is 163 Å². The van der Waals surface area contributed by atoms with E-state index in [2.05, 4.69) is 10.6 Å². The highest BCUT2D eigenvalue weighted by atomic mass is 16.5. The predicted molar refractivity (Wildman–Crippen MR) is 104 cm³/mol. The number of carbonyl (C=O) groups is 2. The lowest BCUT2D eigenvalue weighted by atomic mass is 9.47. The number of hydrogen-bond acceptors (Lipinski definition) is 3. The minimum Gasteiger partial charge on any atom is -0.383 e. The molecule has 27 heavy (non-hydrogen) atoms. The van der Waals surface area contributed by atoms with Crippen LogP contribution in [0.3, 0.4) is 0 Å². The third-order valence-electron chi connectivity index (χ3n) is 7.83. The molecule has 5 aliphatic carbocycles. The van der Waals surface area contributed by atoms with Gasteiger partial charge in [0, 0.05) is 25.0 Å². The van der Waals surface area contributed by atoms with E-state index in [4.69, 9.17) is 4.74 Å². The quantitative estimate of drug-likeness (QED) is 0.671. The summed E-state index contributed by atoms with van der Waals surface area (Å²) in [6.45, 7) is 1.02. The molecule has 152 valence electrons. The Kier molecular flexibility index (Phi) is 5.77. The first-order valence-corrected chi connectivity index (χ1v) is 11.2. The average Bonchev–Trinajstić information content (AvgIpc) is 2.65. The van der Waals surface area contributed by atoms with Crippen molar-refractivity contribution < 1.29 is 14.3 Å². The maximum absolute atomic E-state index is 13.2. The number of amides is 2. The summed E-state index contributed by atoms with van der Waals surface area (Å²) in [6.07, 6.45) is 12.8. The Morgan fingerprint density at radius 2 is 1.59 bits per heavy atom. The summed E-state index contributed by atoms with van der Waals surface area (Å²) in [5.74, 6) is 2.52. The lowest BCUT2D eigenvalue weighted by Gasteiger charge is -2.59. The number of rotatable bonds is 7. The van der Waals surface area contributed by atoms with Crippen molar-refractivity contribution in [3.63, 3.8) is 0 Å². The van der Waals surface area contributed by atoms with E-state index in [1.165, 1.54) is 25.7 Å². The van der Waals surface area contributed by atoms with Crippen LogP contribution in [0, 0.1) is 29.1 Å². The van der Waals surface area contributed by atoms with Crippen molar-refractivity contribution in [3.05, 3.63) is 0 Å². The predicted octanol–water partition coefficient (Wildman–Crippen LogP) is 3.03. The summed E-state index contributed by atoms with van der Waals surface area (Å²) in [5, 5.41) is 6.32. The van der Waals surface area contributed by atoms with Gasteiger partial charge in [-0.1, -0.05) is 19.3 Å². The molecule has 0 heterocycles. The Morgan fingerprint density at radius 1 is 1.00 bits per heavy atom. The van der Waals surface area contributed by atoms with Crippen LogP contribution < -0.4 is 10.6 Å². The summed E-state index contributed by atoms with van der Waals surface area (Å²) in [7, 11) is 1.65. The Bertz CT molecular complexity index is 520. The molecule has 0 saturated heterocycles. The second kappa shape index (κ2) is 8.10. The summed E-state index contributed by atoms with van der Waals surface area (Å²) >= 11 is 0. The molecule has 0 aromatic carbocycles. The normalized spacial score (nSPS) is 36.4. The van der Waals surface area contributed by atoms with Crippen molar-refractivity contribution >= 4 is 11.8 Å². The van der Waals surface area contributed by atoms with Crippen molar-refractivity contribution in [1.82, 2.24) is 10.6 Å².